The first-order valence-corrected chi connectivity index (χ1v) is 10.7. The van der Waals surface area contributed by atoms with Crippen LogP contribution < -0.4 is 0 Å². The van der Waals surface area contributed by atoms with Crippen molar-refractivity contribution in [2.24, 2.45) is 0 Å². The number of sulfonamides is 1. The monoisotopic (exact) mass is 396 g/mol. The minimum Gasteiger partial charge on any atom is -0.296 e. The Hall–Kier alpha value is -1.41. The quantitative estimate of drug-likeness (QED) is 0.779. The number of rotatable bonds is 5. The van der Waals surface area contributed by atoms with E-state index in [0.29, 0.717) is 26.2 Å². The van der Waals surface area contributed by atoms with Gasteiger partial charge in [-0.2, -0.15) is 9.40 Å². The lowest BCUT2D eigenvalue weighted by Gasteiger charge is -2.34. The largest absolute Gasteiger partial charge is 0.296 e. The van der Waals surface area contributed by atoms with Crippen molar-refractivity contribution in [3.63, 3.8) is 0 Å². The fourth-order valence-electron chi connectivity index (χ4n) is 3.42. The van der Waals surface area contributed by atoms with Crippen LogP contribution in [0.3, 0.4) is 0 Å². The fraction of sp³-hybridized carbons (Fsp3) is 0.500. The lowest BCUT2D eigenvalue weighted by molar-refractivity contribution is 0.181. The molecule has 1 aromatic carbocycles. The van der Waals surface area contributed by atoms with Crippen molar-refractivity contribution >= 4 is 21.6 Å². The van der Waals surface area contributed by atoms with Crippen molar-refractivity contribution < 1.29 is 8.42 Å². The second-order valence-corrected chi connectivity index (χ2v) is 8.89. The molecule has 8 heteroatoms. The maximum Gasteiger partial charge on any atom is 0.244 e. The zero-order valence-electron chi connectivity index (χ0n) is 15.4. The zero-order chi connectivity index (χ0) is 18.9. The van der Waals surface area contributed by atoms with Crippen molar-refractivity contribution in [3.8, 4) is 0 Å². The third kappa shape index (κ3) is 3.67. The van der Waals surface area contributed by atoms with Crippen LogP contribution in [0.15, 0.2) is 29.2 Å². The van der Waals surface area contributed by atoms with E-state index in [9.17, 15) is 8.42 Å². The van der Waals surface area contributed by atoms with E-state index < -0.39 is 10.0 Å². The summed E-state index contributed by atoms with van der Waals surface area (Å²) in [5.74, 6) is 0. The van der Waals surface area contributed by atoms with Crippen molar-refractivity contribution in [2.75, 3.05) is 26.2 Å². The molecule has 0 saturated carbocycles. The molecule has 6 nitrogen and oxygen atoms in total. The highest BCUT2D eigenvalue weighted by molar-refractivity contribution is 7.89. The van der Waals surface area contributed by atoms with E-state index in [1.165, 1.54) is 15.6 Å². The van der Waals surface area contributed by atoms with Crippen molar-refractivity contribution in [1.29, 1.82) is 0 Å². The maximum atomic E-state index is 12.8. The third-order valence-corrected chi connectivity index (χ3v) is 7.40. The molecule has 1 saturated heterocycles. The number of piperazine rings is 1. The Morgan fingerprint density at radius 2 is 1.77 bits per heavy atom. The van der Waals surface area contributed by atoms with E-state index in [-0.39, 0.29) is 9.92 Å². The molecule has 1 aliphatic heterocycles. The molecule has 2 aromatic rings. The van der Waals surface area contributed by atoms with Gasteiger partial charge in [-0.25, -0.2) is 8.42 Å². The number of hydrogen-bond donors (Lipinski definition) is 0. The Morgan fingerprint density at radius 1 is 1.12 bits per heavy atom. The SMILES string of the molecule is CCn1nc(C)c(CN2CCN(S(=O)(=O)c3ccccc3Cl)CC2)c1C. The average molecular weight is 397 g/mol. The van der Waals surface area contributed by atoms with Crippen LogP contribution in [0.4, 0.5) is 0 Å². The van der Waals surface area contributed by atoms with Gasteiger partial charge in [-0.3, -0.25) is 9.58 Å². The van der Waals surface area contributed by atoms with Crippen LogP contribution in [0.5, 0.6) is 0 Å². The van der Waals surface area contributed by atoms with Gasteiger partial charge in [0.25, 0.3) is 0 Å². The fourth-order valence-corrected chi connectivity index (χ4v) is 5.33. The molecule has 3 rings (SSSR count). The molecule has 1 aromatic heterocycles. The first kappa shape index (κ1) is 19.4. The predicted octanol–water partition coefficient (Wildman–Crippen LogP) is 2.68. The number of halogens is 1. The van der Waals surface area contributed by atoms with Crippen LogP contribution in [-0.2, 0) is 23.1 Å². The molecule has 1 fully saturated rings. The Morgan fingerprint density at radius 3 is 2.35 bits per heavy atom. The van der Waals surface area contributed by atoms with E-state index in [1.54, 1.807) is 24.3 Å². The molecule has 26 heavy (non-hydrogen) atoms. The Bertz CT molecular complexity index is 887. The summed E-state index contributed by atoms with van der Waals surface area (Å²) in [4.78, 5) is 2.47. The molecule has 0 N–H and O–H groups in total. The standard InChI is InChI=1S/C18H25ClN4O2S/c1-4-23-15(3)16(14(2)20-23)13-21-9-11-22(12-10-21)26(24,25)18-8-6-5-7-17(18)19/h5-8H,4,9-13H2,1-3H3. The van der Waals surface area contributed by atoms with E-state index in [1.807, 2.05) is 11.6 Å². The van der Waals surface area contributed by atoms with Gasteiger partial charge in [-0.1, -0.05) is 23.7 Å². The Balaban J connectivity index is 1.68. The Labute approximate surface area is 160 Å². The summed E-state index contributed by atoms with van der Waals surface area (Å²) in [7, 11) is -3.55. The van der Waals surface area contributed by atoms with Gasteiger partial charge in [0.2, 0.25) is 10.0 Å². The van der Waals surface area contributed by atoms with Gasteiger partial charge >= 0.3 is 0 Å². The first-order chi connectivity index (χ1) is 12.3. The number of aromatic nitrogens is 2. The highest BCUT2D eigenvalue weighted by atomic mass is 35.5. The lowest BCUT2D eigenvalue weighted by Crippen LogP contribution is -2.48. The normalized spacial score (nSPS) is 16.9. The van der Waals surface area contributed by atoms with Gasteiger partial charge in [0.1, 0.15) is 4.90 Å². The molecule has 0 unspecified atom stereocenters. The zero-order valence-corrected chi connectivity index (χ0v) is 17.0. The number of nitrogens with zero attached hydrogens (tertiary/aromatic N) is 4. The Kier molecular flexibility index (Phi) is 5.72. The topological polar surface area (TPSA) is 58.4 Å². The van der Waals surface area contributed by atoms with Gasteiger partial charge in [0.15, 0.2) is 0 Å². The number of benzene rings is 1. The van der Waals surface area contributed by atoms with Crippen LogP contribution in [0.2, 0.25) is 5.02 Å². The number of aryl methyl sites for hydroxylation is 2. The smallest absolute Gasteiger partial charge is 0.244 e. The van der Waals surface area contributed by atoms with E-state index in [0.717, 1.165) is 18.8 Å². The molecule has 0 aliphatic carbocycles. The average Bonchev–Trinajstić information content (AvgIpc) is 2.90. The van der Waals surface area contributed by atoms with Crippen LogP contribution >= 0.6 is 11.6 Å². The molecule has 0 amide bonds. The molecule has 0 atom stereocenters. The molecule has 142 valence electrons. The third-order valence-electron chi connectivity index (χ3n) is 5.00. The summed E-state index contributed by atoms with van der Waals surface area (Å²) >= 11 is 6.09. The summed E-state index contributed by atoms with van der Waals surface area (Å²) in [6, 6.07) is 6.61. The second-order valence-electron chi connectivity index (χ2n) is 6.58. The minimum atomic E-state index is -3.55. The molecule has 0 radical (unpaired) electrons. The predicted molar refractivity (Wildman–Crippen MR) is 103 cm³/mol. The van der Waals surface area contributed by atoms with Gasteiger partial charge < -0.3 is 0 Å². The molecular formula is C18H25ClN4O2S. The summed E-state index contributed by atoms with van der Waals surface area (Å²) in [6.45, 7) is 10.2. The van der Waals surface area contributed by atoms with Gasteiger partial charge in [-0.05, 0) is 32.9 Å². The second kappa shape index (κ2) is 7.68. The molecule has 0 bridgehead atoms. The van der Waals surface area contributed by atoms with Crippen LogP contribution in [-0.4, -0.2) is 53.6 Å². The van der Waals surface area contributed by atoms with Gasteiger partial charge in [0, 0.05) is 50.5 Å². The van der Waals surface area contributed by atoms with Crippen LogP contribution in [0.1, 0.15) is 23.9 Å². The summed E-state index contributed by atoms with van der Waals surface area (Å²) in [6.07, 6.45) is 0. The summed E-state index contributed by atoms with van der Waals surface area (Å²) in [5, 5.41) is 4.84. The first-order valence-electron chi connectivity index (χ1n) is 8.84. The summed E-state index contributed by atoms with van der Waals surface area (Å²) in [5.41, 5.74) is 3.49. The van der Waals surface area contributed by atoms with Gasteiger partial charge in [0.05, 0.1) is 10.7 Å². The molecule has 1 aliphatic rings. The lowest BCUT2D eigenvalue weighted by atomic mass is 10.1. The molecular weight excluding hydrogens is 372 g/mol. The molecule has 0 spiro atoms. The van der Waals surface area contributed by atoms with E-state index >= 15 is 0 Å². The number of hydrogen-bond acceptors (Lipinski definition) is 4. The van der Waals surface area contributed by atoms with Gasteiger partial charge in [-0.15, -0.1) is 0 Å². The summed E-state index contributed by atoms with van der Waals surface area (Å²) < 4.78 is 29.2. The van der Waals surface area contributed by atoms with Crippen LogP contribution in [0, 0.1) is 13.8 Å². The molecule has 2 heterocycles. The van der Waals surface area contributed by atoms with E-state index in [2.05, 4.69) is 23.8 Å². The van der Waals surface area contributed by atoms with Crippen LogP contribution in [0.25, 0.3) is 0 Å². The maximum absolute atomic E-state index is 12.8. The highest BCUT2D eigenvalue weighted by Crippen LogP contribution is 2.25. The van der Waals surface area contributed by atoms with Crippen molar-refractivity contribution in [2.45, 2.75) is 38.8 Å². The highest BCUT2D eigenvalue weighted by Gasteiger charge is 2.30. The minimum absolute atomic E-state index is 0.186. The van der Waals surface area contributed by atoms with Crippen molar-refractivity contribution in [1.82, 2.24) is 19.0 Å². The van der Waals surface area contributed by atoms with Crippen molar-refractivity contribution in [3.05, 3.63) is 46.2 Å². The van der Waals surface area contributed by atoms with E-state index in [4.69, 9.17) is 11.6 Å².